The molecular weight excluding hydrogens is 1130 g/mol. The van der Waals surface area contributed by atoms with E-state index in [0.29, 0.717) is 70.0 Å². The van der Waals surface area contributed by atoms with E-state index >= 15 is 0 Å². The molecule has 3 aromatic carbocycles. The van der Waals surface area contributed by atoms with Gasteiger partial charge in [0.15, 0.2) is 11.4 Å². The van der Waals surface area contributed by atoms with Crippen LogP contribution in [0.4, 0.5) is 39.8 Å². The Balaban J connectivity index is 0.000000198. The van der Waals surface area contributed by atoms with E-state index in [4.69, 9.17) is 23.7 Å². The highest BCUT2D eigenvalue weighted by Gasteiger charge is 2.38. The van der Waals surface area contributed by atoms with Crippen LogP contribution in [0, 0.1) is 17.0 Å². The summed E-state index contributed by atoms with van der Waals surface area (Å²) in [5.74, 6) is -1.14. The number of ether oxygens (including phenoxy) is 5. The van der Waals surface area contributed by atoms with Crippen LogP contribution < -0.4 is 19.9 Å². The van der Waals surface area contributed by atoms with Crippen LogP contribution in [0.3, 0.4) is 0 Å². The van der Waals surface area contributed by atoms with Gasteiger partial charge in [-0.15, -0.1) is 0 Å². The first-order valence-electron chi connectivity index (χ1n) is 29.3. The number of hydrogen-bond acceptors (Lipinski definition) is 18. The molecule has 0 saturated carbocycles. The Morgan fingerprint density at radius 1 is 0.655 bits per heavy atom. The van der Waals surface area contributed by atoms with Gasteiger partial charge in [-0.1, -0.05) is 18.2 Å². The van der Waals surface area contributed by atoms with Gasteiger partial charge in [0.25, 0.3) is 5.69 Å². The first-order chi connectivity index (χ1) is 40.9. The largest absolute Gasteiger partial charge is 0.455 e. The number of anilines is 2. The second-order valence-electron chi connectivity index (χ2n) is 24.8. The molecule has 0 unspecified atom stereocenters. The van der Waals surface area contributed by atoms with Gasteiger partial charge in [-0.3, -0.25) is 19.9 Å². The Hall–Kier alpha value is -7.45. The third-order valence-corrected chi connectivity index (χ3v) is 15.8. The molecule has 0 radical (unpaired) electrons. The molecule has 9 rings (SSSR count). The lowest BCUT2D eigenvalue weighted by Gasteiger charge is -2.45. The molecule has 87 heavy (non-hydrogen) atoms. The number of benzene rings is 3. The van der Waals surface area contributed by atoms with E-state index in [1.807, 2.05) is 11.9 Å². The number of amides is 1. The molecule has 4 aliphatic heterocycles. The average molecular weight is 1220 g/mol. The number of piperidine rings is 2. The summed E-state index contributed by atoms with van der Waals surface area (Å²) in [6, 6.07) is 18.3. The Morgan fingerprint density at radius 2 is 1.11 bits per heavy atom. The van der Waals surface area contributed by atoms with Crippen molar-refractivity contribution in [3.05, 3.63) is 129 Å². The topological polar surface area (TPSA) is 221 Å². The quantitative estimate of drug-likeness (QED) is 0.0697. The molecule has 4 saturated heterocycles. The standard InChI is InChI=1S/C28H38F3N5O4.C19H31N3O.C15H15N3O6/c1-26(2,3)40-24(37)22-8-11-36(32-22)25(38)35-12-9-27(4,10-13-35)33(5)19-20-6-7-21(28(29,30)31)18-23(20)34-14-16-39-17-15-34;1-16-4-5-17(18(14-16)22-10-12-23-13-11-22)15-21(3)19(2)6-8-20-9-7-19;1-15(2,3)24-13(19)12-8-9-17(16-12)14(20)23-11-6-4-10(5-7-11)18(21)22/h6-8,11,18H,9-10,12-17,19H2,1-5H3;4-5,14,20H,6-13,15H2,1-3H3;4-9H,1-3H3. The van der Waals surface area contributed by atoms with Crippen molar-refractivity contribution in [3.8, 4) is 5.75 Å². The van der Waals surface area contributed by atoms with Crippen molar-refractivity contribution in [1.29, 1.82) is 0 Å². The Bertz CT molecular complexity index is 3150. The second-order valence-corrected chi connectivity index (χ2v) is 24.8. The number of halogens is 3. The van der Waals surface area contributed by atoms with E-state index < -0.39 is 45.9 Å². The summed E-state index contributed by atoms with van der Waals surface area (Å²) in [6.07, 6.45) is 1.22. The van der Waals surface area contributed by atoms with E-state index in [2.05, 4.69) is 76.2 Å². The SMILES string of the molecule is CC(C)(C)OC(=O)c1ccn(C(=O)Oc2ccc([N+](=O)[O-])cc2)n1.CN(Cc1ccc(C(F)(F)F)cc1N1CCOCC1)C1(C)CCN(C(=O)n2ccc(C(=O)OC(C)(C)C)n2)CC1.Cc1ccc(CN(C)C2(C)CCNCC2)c(N2CCOCC2)c1. The maximum Gasteiger partial charge on any atom is 0.440 e. The number of aryl methyl sites for hydroxylation is 1. The van der Waals surface area contributed by atoms with Crippen molar-refractivity contribution in [2.45, 2.75) is 130 Å². The molecule has 4 fully saturated rings. The van der Waals surface area contributed by atoms with E-state index in [9.17, 15) is 42.5 Å². The number of rotatable bonds is 12. The highest BCUT2D eigenvalue weighted by atomic mass is 19.4. The Kier molecular flexibility index (Phi) is 22.0. The predicted octanol–water partition coefficient (Wildman–Crippen LogP) is 9.85. The summed E-state index contributed by atoms with van der Waals surface area (Å²) in [5.41, 5.74) is 3.52. The number of nitrogens with one attached hydrogen (secondary N) is 1. The van der Waals surface area contributed by atoms with Crippen LogP contribution in [0.1, 0.15) is 124 Å². The van der Waals surface area contributed by atoms with Crippen LogP contribution in [0.15, 0.2) is 85.2 Å². The van der Waals surface area contributed by atoms with Gasteiger partial charge in [0.1, 0.15) is 17.0 Å². The summed E-state index contributed by atoms with van der Waals surface area (Å²) in [4.78, 5) is 70.0. The van der Waals surface area contributed by atoms with E-state index in [1.165, 1.54) is 84.5 Å². The van der Waals surface area contributed by atoms with Gasteiger partial charge in [0.2, 0.25) is 0 Å². The molecule has 4 aliphatic rings. The van der Waals surface area contributed by atoms with Crippen LogP contribution in [0.2, 0.25) is 0 Å². The second kappa shape index (κ2) is 28.6. The predicted molar refractivity (Wildman–Crippen MR) is 321 cm³/mol. The van der Waals surface area contributed by atoms with Crippen molar-refractivity contribution in [2.24, 2.45) is 0 Å². The van der Waals surface area contributed by atoms with E-state index in [-0.39, 0.29) is 34.4 Å². The van der Waals surface area contributed by atoms with Crippen LogP contribution in [-0.2, 0) is 38.2 Å². The van der Waals surface area contributed by atoms with Crippen molar-refractivity contribution < 1.29 is 61.0 Å². The summed E-state index contributed by atoms with van der Waals surface area (Å²) in [5, 5.41) is 22.0. The maximum atomic E-state index is 13.5. The minimum atomic E-state index is -4.42. The molecule has 25 heteroatoms. The fourth-order valence-corrected chi connectivity index (χ4v) is 10.3. The van der Waals surface area contributed by atoms with Gasteiger partial charge in [-0.2, -0.15) is 32.7 Å². The minimum Gasteiger partial charge on any atom is -0.455 e. The van der Waals surface area contributed by atoms with E-state index in [0.717, 1.165) is 66.9 Å². The summed E-state index contributed by atoms with van der Waals surface area (Å²) >= 11 is 0. The highest BCUT2D eigenvalue weighted by molar-refractivity contribution is 5.89. The number of nitro groups is 1. The molecule has 1 amide bonds. The van der Waals surface area contributed by atoms with Gasteiger partial charge in [0, 0.05) is 99.3 Å². The zero-order valence-electron chi connectivity index (χ0n) is 51.9. The molecule has 5 aromatic rings. The fourth-order valence-electron chi connectivity index (χ4n) is 10.3. The van der Waals surface area contributed by atoms with Gasteiger partial charge < -0.3 is 43.7 Å². The lowest BCUT2D eigenvalue weighted by molar-refractivity contribution is -0.384. The number of nitro benzene ring substituents is 1. The van der Waals surface area contributed by atoms with Gasteiger partial charge in [-0.05, 0) is 174 Å². The monoisotopic (exact) mass is 1220 g/mol. The van der Waals surface area contributed by atoms with Crippen LogP contribution in [0.25, 0.3) is 0 Å². The number of morpholine rings is 2. The molecule has 6 heterocycles. The van der Waals surface area contributed by atoms with E-state index in [1.54, 1.807) is 52.5 Å². The fraction of sp³-hybridized carbons (Fsp3) is 0.548. The van der Waals surface area contributed by atoms with Crippen molar-refractivity contribution in [2.75, 3.05) is 103 Å². The van der Waals surface area contributed by atoms with Crippen molar-refractivity contribution in [3.63, 3.8) is 0 Å². The Morgan fingerprint density at radius 3 is 1.60 bits per heavy atom. The van der Waals surface area contributed by atoms with Crippen LogP contribution in [-0.4, -0.2) is 178 Å². The third kappa shape index (κ3) is 18.8. The van der Waals surface area contributed by atoms with Gasteiger partial charge >= 0.3 is 30.2 Å². The maximum absolute atomic E-state index is 13.5. The van der Waals surface area contributed by atoms with Gasteiger partial charge in [0.05, 0.1) is 36.9 Å². The molecule has 474 valence electrons. The molecule has 2 aromatic heterocycles. The number of carbonyl (C=O) groups excluding carboxylic acids is 4. The van der Waals surface area contributed by atoms with Crippen molar-refractivity contribution in [1.82, 2.24) is 39.6 Å². The van der Waals surface area contributed by atoms with Crippen LogP contribution in [0.5, 0.6) is 5.75 Å². The normalized spacial score (nSPS) is 17.1. The minimum absolute atomic E-state index is 0.0365. The number of likely N-dealkylation sites (tertiary alicyclic amines) is 1. The number of hydrogen-bond donors (Lipinski definition) is 1. The Labute approximate surface area is 506 Å². The number of alkyl halides is 3. The highest BCUT2D eigenvalue weighted by Crippen LogP contribution is 2.37. The van der Waals surface area contributed by atoms with Crippen LogP contribution >= 0.6 is 0 Å². The molecule has 22 nitrogen and oxygen atoms in total. The number of non-ortho nitro benzene ring substituents is 1. The summed E-state index contributed by atoms with van der Waals surface area (Å²) < 4.78 is 68.9. The van der Waals surface area contributed by atoms with Crippen molar-refractivity contribution >= 4 is 41.1 Å². The van der Waals surface area contributed by atoms with Gasteiger partial charge in [-0.25, -0.2) is 19.2 Å². The molecule has 0 aliphatic carbocycles. The molecule has 0 atom stereocenters. The average Bonchev–Trinajstić information content (AvgIpc) is 1.62. The lowest BCUT2D eigenvalue weighted by atomic mass is 9.87. The third-order valence-electron chi connectivity index (χ3n) is 15.8. The zero-order chi connectivity index (χ0) is 63.5. The molecule has 0 spiro atoms. The molecule has 0 bridgehead atoms. The summed E-state index contributed by atoms with van der Waals surface area (Å²) in [7, 11) is 4.26. The lowest BCUT2D eigenvalue weighted by Crippen LogP contribution is -2.53. The zero-order valence-corrected chi connectivity index (χ0v) is 51.9. The molecule has 1 N–H and O–H groups in total. The number of esters is 2. The number of nitrogens with zero attached hydrogens (tertiary/aromatic N) is 10. The number of carbonyl (C=O) groups is 4. The summed E-state index contributed by atoms with van der Waals surface area (Å²) in [6.45, 7) is 27.5. The first-order valence-corrected chi connectivity index (χ1v) is 29.3. The smallest absolute Gasteiger partial charge is 0.440 e. The number of aromatic nitrogens is 4. The molecular formula is C62H84F3N11O11. The first kappa shape index (κ1) is 67.1.